The number of esters is 2. The summed E-state index contributed by atoms with van der Waals surface area (Å²) in [5.41, 5.74) is 1.00. The van der Waals surface area contributed by atoms with Gasteiger partial charge in [0, 0.05) is 16.6 Å². The van der Waals surface area contributed by atoms with Gasteiger partial charge in [-0.2, -0.15) is 0 Å². The number of furan rings is 1. The fourth-order valence-electron chi connectivity index (χ4n) is 3.73. The molecule has 2 fully saturated rings. The summed E-state index contributed by atoms with van der Waals surface area (Å²) in [6, 6.07) is 10.2. The number of methoxy groups -OCH3 is 1. The molecule has 4 rings (SSSR count). The predicted octanol–water partition coefficient (Wildman–Crippen LogP) is 3.46. The van der Waals surface area contributed by atoms with Gasteiger partial charge in [0.25, 0.3) is 0 Å². The predicted molar refractivity (Wildman–Crippen MR) is 108 cm³/mol. The molecule has 29 heavy (non-hydrogen) atoms. The third kappa shape index (κ3) is 3.57. The molecule has 0 spiro atoms. The Kier molecular flexibility index (Phi) is 5.44. The zero-order valence-electron chi connectivity index (χ0n) is 15.6. The Morgan fingerprint density at radius 1 is 1.28 bits per heavy atom. The lowest BCUT2D eigenvalue weighted by atomic mass is 10.0. The molecule has 1 aromatic carbocycles. The number of halogens is 1. The van der Waals surface area contributed by atoms with Crippen molar-refractivity contribution in [1.82, 2.24) is 4.90 Å². The number of carbonyl (C=O) groups excluding carboxylic acids is 3. The van der Waals surface area contributed by atoms with E-state index < -0.39 is 22.9 Å². The van der Waals surface area contributed by atoms with Crippen molar-refractivity contribution < 1.29 is 28.3 Å². The summed E-state index contributed by atoms with van der Waals surface area (Å²) in [4.78, 5) is 38.0. The molecule has 2 aromatic rings. The molecular weight excluding hydrogens is 462 g/mol. The van der Waals surface area contributed by atoms with Crippen LogP contribution in [0.3, 0.4) is 0 Å². The molecule has 0 radical (unpaired) electrons. The molecule has 0 N–H and O–H groups in total. The molecular formula is C20H18BrNO6S. The molecule has 0 saturated carbocycles. The summed E-state index contributed by atoms with van der Waals surface area (Å²) in [7, 11) is 1.26. The Bertz CT molecular complexity index is 958. The highest BCUT2D eigenvalue weighted by Crippen LogP contribution is 2.54. The molecule has 1 aromatic heterocycles. The van der Waals surface area contributed by atoms with Crippen LogP contribution in [0.4, 0.5) is 0 Å². The van der Waals surface area contributed by atoms with Crippen LogP contribution >= 0.6 is 27.7 Å². The molecule has 3 heterocycles. The summed E-state index contributed by atoms with van der Waals surface area (Å²) < 4.78 is 16.3. The first-order valence-corrected chi connectivity index (χ1v) is 10.8. The van der Waals surface area contributed by atoms with Crippen LogP contribution in [0.5, 0.6) is 0 Å². The number of carbonyl (C=O) groups is 3. The molecule has 0 aliphatic carbocycles. The van der Waals surface area contributed by atoms with Crippen LogP contribution in [0.15, 0.2) is 45.3 Å². The third-order valence-corrected chi connectivity index (χ3v) is 7.22. The van der Waals surface area contributed by atoms with Crippen LogP contribution < -0.4 is 0 Å². The van der Waals surface area contributed by atoms with Crippen molar-refractivity contribution in [2.75, 3.05) is 12.9 Å². The van der Waals surface area contributed by atoms with Crippen molar-refractivity contribution in [2.24, 2.45) is 0 Å². The van der Waals surface area contributed by atoms with Crippen LogP contribution in [-0.4, -0.2) is 41.7 Å². The minimum Gasteiger partial charge on any atom is -0.463 e. The first-order valence-electron chi connectivity index (χ1n) is 9.00. The first-order chi connectivity index (χ1) is 13.9. The second-order valence-electron chi connectivity index (χ2n) is 6.75. The highest BCUT2D eigenvalue weighted by molar-refractivity contribution is 9.10. The Balaban J connectivity index is 1.48. The van der Waals surface area contributed by atoms with E-state index in [2.05, 4.69) is 20.7 Å². The molecule has 0 bridgehead atoms. The number of rotatable bonds is 5. The van der Waals surface area contributed by atoms with E-state index in [0.717, 1.165) is 10.0 Å². The van der Waals surface area contributed by atoms with Gasteiger partial charge in [0.05, 0.1) is 7.11 Å². The number of hydrogen-bond acceptors (Lipinski definition) is 7. The van der Waals surface area contributed by atoms with Crippen LogP contribution in [0.1, 0.15) is 34.7 Å². The number of nitrogens with zero attached hydrogens (tertiary/aromatic N) is 1. The smallest absolute Gasteiger partial charge is 0.373 e. The number of ether oxygens (including phenoxy) is 2. The standard InChI is InChI=1S/C20H18BrNO6S/c1-26-19(25)16-7-6-14(28-16)10-27-18(24)15-11-29-20(9-8-17(23)22(15)20)12-2-4-13(21)5-3-12/h2-7,15H,8-11H2,1H3/t15-,20+/m0/s1. The van der Waals surface area contributed by atoms with Gasteiger partial charge < -0.3 is 18.8 Å². The lowest BCUT2D eigenvalue weighted by molar-refractivity contribution is -0.155. The maximum absolute atomic E-state index is 12.8. The number of benzene rings is 1. The topological polar surface area (TPSA) is 86.0 Å². The molecule has 2 saturated heterocycles. The average Bonchev–Trinajstić information content (AvgIpc) is 3.42. The van der Waals surface area contributed by atoms with Gasteiger partial charge in [-0.3, -0.25) is 4.79 Å². The zero-order chi connectivity index (χ0) is 20.6. The van der Waals surface area contributed by atoms with E-state index in [0.29, 0.717) is 24.4 Å². The minimum atomic E-state index is -0.659. The van der Waals surface area contributed by atoms with Crippen molar-refractivity contribution >= 4 is 45.5 Å². The van der Waals surface area contributed by atoms with E-state index in [1.165, 1.54) is 13.2 Å². The van der Waals surface area contributed by atoms with Gasteiger partial charge in [0.1, 0.15) is 23.3 Å². The number of hydrogen-bond donors (Lipinski definition) is 0. The van der Waals surface area contributed by atoms with Crippen molar-refractivity contribution in [2.45, 2.75) is 30.4 Å². The minimum absolute atomic E-state index is 0.0407. The van der Waals surface area contributed by atoms with Crippen molar-refractivity contribution in [3.8, 4) is 0 Å². The molecule has 7 nitrogen and oxygen atoms in total. The van der Waals surface area contributed by atoms with Gasteiger partial charge in [-0.25, -0.2) is 9.59 Å². The molecule has 2 atom stereocenters. The van der Waals surface area contributed by atoms with Gasteiger partial charge in [-0.05, 0) is 36.2 Å². The van der Waals surface area contributed by atoms with Gasteiger partial charge in [0.2, 0.25) is 11.7 Å². The fourth-order valence-corrected chi connectivity index (χ4v) is 5.63. The summed E-state index contributed by atoms with van der Waals surface area (Å²) in [6.07, 6.45) is 1.05. The van der Waals surface area contributed by atoms with Gasteiger partial charge in [-0.15, -0.1) is 11.8 Å². The van der Waals surface area contributed by atoms with Crippen LogP contribution in [0.25, 0.3) is 0 Å². The zero-order valence-corrected chi connectivity index (χ0v) is 18.0. The lowest BCUT2D eigenvalue weighted by Gasteiger charge is -2.33. The van der Waals surface area contributed by atoms with E-state index in [1.54, 1.807) is 22.7 Å². The average molecular weight is 480 g/mol. The summed E-state index contributed by atoms with van der Waals surface area (Å²) in [6.45, 7) is -0.121. The second kappa shape index (κ2) is 7.87. The maximum Gasteiger partial charge on any atom is 0.373 e. The molecule has 1 amide bonds. The van der Waals surface area contributed by atoms with Crippen molar-refractivity contribution in [1.29, 1.82) is 0 Å². The lowest BCUT2D eigenvalue weighted by Crippen LogP contribution is -2.46. The summed E-state index contributed by atoms with van der Waals surface area (Å²) >= 11 is 5.03. The van der Waals surface area contributed by atoms with Crippen molar-refractivity contribution in [3.05, 3.63) is 58.0 Å². The van der Waals surface area contributed by atoms with Gasteiger partial charge in [0.15, 0.2) is 0 Å². The molecule has 152 valence electrons. The van der Waals surface area contributed by atoms with Gasteiger partial charge in [-0.1, -0.05) is 28.1 Å². The van der Waals surface area contributed by atoms with Crippen LogP contribution in [0.2, 0.25) is 0 Å². The van der Waals surface area contributed by atoms with E-state index in [9.17, 15) is 14.4 Å². The fraction of sp³-hybridized carbons (Fsp3) is 0.350. The van der Waals surface area contributed by atoms with E-state index in [-0.39, 0.29) is 18.3 Å². The maximum atomic E-state index is 12.8. The van der Waals surface area contributed by atoms with E-state index >= 15 is 0 Å². The highest BCUT2D eigenvalue weighted by atomic mass is 79.9. The molecule has 9 heteroatoms. The quantitative estimate of drug-likeness (QED) is 0.606. The van der Waals surface area contributed by atoms with Crippen LogP contribution in [0, 0.1) is 0 Å². The Morgan fingerprint density at radius 3 is 2.76 bits per heavy atom. The Labute approximate surface area is 179 Å². The Morgan fingerprint density at radius 2 is 2.03 bits per heavy atom. The highest BCUT2D eigenvalue weighted by Gasteiger charge is 2.57. The molecule has 2 aliphatic rings. The van der Waals surface area contributed by atoms with Gasteiger partial charge >= 0.3 is 11.9 Å². The second-order valence-corrected chi connectivity index (χ2v) is 8.96. The Hall–Kier alpha value is -2.26. The largest absolute Gasteiger partial charge is 0.463 e. The number of thioether (sulfide) groups is 1. The van der Waals surface area contributed by atoms with Crippen LogP contribution in [-0.2, 0) is 30.5 Å². The summed E-state index contributed by atoms with van der Waals surface area (Å²) in [5, 5.41) is 0. The van der Waals surface area contributed by atoms with Crippen molar-refractivity contribution in [3.63, 3.8) is 0 Å². The number of amides is 1. The summed E-state index contributed by atoms with van der Waals surface area (Å²) in [5.74, 6) is -0.299. The number of fused-ring (bicyclic) bond motifs is 1. The third-order valence-electron chi connectivity index (χ3n) is 5.10. The molecule has 0 unspecified atom stereocenters. The van der Waals surface area contributed by atoms with E-state index in [4.69, 9.17) is 9.15 Å². The monoisotopic (exact) mass is 479 g/mol. The van der Waals surface area contributed by atoms with E-state index in [1.807, 2.05) is 24.3 Å². The molecule has 2 aliphatic heterocycles. The normalized spacial score (nSPS) is 23.2. The first kappa shape index (κ1) is 20.0. The SMILES string of the molecule is COC(=O)c1ccc(COC(=O)[C@@H]2CS[C@@]3(c4ccc(Br)cc4)CCC(=O)N23)o1.